The Morgan fingerprint density at radius 2 is 2.17 bits per heavy atom. The number of nitrogens with one attached hydrogen (secondary N) is 1. The van der Waals surface area contributed by atoms with Gasteiger partial charge in [-0.05, 0) is 30.7 Å². The van der Waals surface area contributed by atoms with Gasteiger partial charge in [0.15, 0.2) is 5.82 Å². The summed E-state index contributed by atoms with van der Waals surface area (Å²) in [5.41, 5.74) is 1.94. The maximum atomic E-state index is 5.92. The summed E-state index contributed by atoms with van der Waals surface area (Å²) in [6.45, 7) is 6.72. The second kappa shape index (κ2) is 5.50. The smallest absolute Gasteiger partial charge is 0.258 e. The quantitative estimate of drug-likeness (QED) is 0.922. The molecule has 0 saturated heterocycles. The monoisotopic (exact) mass is 265 g/mol. The molecule has 1 aromatic carbocycles. The van der Waals surface area contributed by atoms with Crippen LogP contribution in [-0.4, -0.2) is 16.2 Å². The van der Waals surface area contributed by atoms with Gasteiger partial charge < -0.3 is 9.84 Å². The molecule has 0 aliphatic rings. The largest absolute Gasteiger partial charge is 0.334 e. The van der Waals surface area contributed by atoms with Crippen molar-refractivity contribution in [1.29, 1.82) is 0 Å². The zero-order valence-corrected chi connectivity index (χ0v) is 11.5. The van der Waals surface area contributed by atoms with E-state index in [9.17, 15) is 0 Å². The third-order valence-electron chi connectivity index (χ3n) is 2.56. The first-order chi connectivity index (χ1) is 8.56. The van der Waals surface area contributed by atoms with Crippen LogP contribution < -0.4 is 5.32 Å². The molecule has 1 aromatic heterocycles. The van der Waals surface area contributed by atoms with E-state index in [4.69, 9.17) is 16.1 Å². The van der Waals surface area contributed by atoms with E-state index in [-0.39, 0.29) is 0 Å². The standard InChI is InChI=1S/C13H16ClN3O/c1-8(2)15-7-12-16-13(18-17-12)11-5-4-10(14)6-9(11)3/h4-6,8,15H,7H2,1-3H3. The van der Waals surface area contributed by atoms with Crippen LogP contribution in [0.1, 0.15) is 25.2 Å². The summed E-state index contributed by atoms with van der Waals surface area (Å²) >= 11 is 5.92. The summed E-state index contributed by atoms with van der Waals surface area (Å²) in [4.78, 5) is 4.36. The first-order valence-electron chi connectivity index (χ1n) is 5.89. The van der Waals surface area contributed by atoms with Gasteiger partial charge in [0.2, 0.25) is 0 Å². The summed E-state index contributed by atoms with van der Waals surface area (Å²) < 4.78 is 5.26. The van der Waals surface area contributed by atoms with Crippen LogP contribution in [0.5, 0.6) is 0 Å². The van der Waals surface area contributed by atoms with E-state index in [0.29, 0.717) is 29.3 Å². The Morgan fingerprint density at radius 3 is 2.83 bits per heavy atom. The number of benzene rings is 1. The number of aromatic nitrogens is 2. The number of halogens is 1. The molecule has 0 radical (unpaired) electrons. The molecule has 4 nitrogen and oxygen atoms in total. The van der Waals surface area contributed by atoms with Gasteiger partial charge in [-0.25, -0.2) is 0 Å². The molecule has 0 amide bonds. The average Bonchev–Trinajstić information content (AvgIpc) is 2.75. The molecule has 0 aliphatic heterocycles. The fourth-order valence-corrected chi connectivity index (χ4v) is 1.82. The fourth-order valence-electron chi connectivity index (χ4n) is 1.60. The molecule has 0 aliphatic carbocycles. The van der Waals surface area contributed by atoms with Crippen molar-refractivity contribution in [2.45, 2.75) is 33.4 Å². The van der Waals surface area contributed by atoms with Gasteiger partial charge in [-0.1, -0.05) is 30.6 Å². The lowest BCUT2D eigenvalue weighted by Gasteiger charge is -2.03. The maximum absolute atomic E-state index is 5.92. The minimum absolute atomic E-state index is 0.393. The van der Waals surface area contributed by atoms with Crippen LogP contribution in [0, 0.1) is 6.92 Å². The van der Waals surface area contributed by atoms with E-state index in [0.717, 1.165) is 11.1 Å². The van der Waals surface area contributed by atoms with Gasteiger partial charge >= 0.3 is 0 Å². The molecule has 5 heteroatoms. The van der Waals surface area contributed by atoms with Crippen molar-refractivity contribution in [3.05, 3.63) is 34.6 Å². The Kier molecular flexibility index (Phi) is 3.99. The van der Waals surface area contributed by atoms with Crippen LogP contribution in [-0.2, 0) is 6.54 Å². The second-order valence-corrected chi connectivity index (χ2v) is 4.95. The van der Waals surface area contributed by atoms with Crippen molar-refractivity contribution in [1.82, 2.24) is 15.5 Å². The molecule has 1 heterocycles. The van der Waals surface area contributed by atoms with Crippen LogP contribution >= 0.6 is 11.6 Å². The van der Waals surface area contributed by atoms with E-state index in [1.807, 2.05) is 25.1 Å². The summed E-state index contributed by atoms with van der Waals surface area (Å²) in [6.07, 6.45) is 0. The van der Waals surface area contributed by atoms with Crippen molar-refractivity contribution < 1.29 is 4.52 Å². The minimum atomic E-state index is 0.393. The van der Waals surface area contributed by atoms with Gasteiger partial charge in [-0.2, -0.15) is 4.98 Å². The van der Waals surface area contributed by atoms with Gasteiger partial charge in [-0.15, -0.1) is 0 Å². The Bertz CT molecular complexity index is 537. The highest BCUT2D eigenvalue weighted by Gasteiger charge is 2.11. The number of aryl methyl sites for hydroxylation is 1. The van der Waals surface area contributed by atoms with E-state index >= 15 is 0 Å². The van der Waals surface area contributed by atoms with Crippen LogP contribution in [0.3, 0.4) is 0 Å². The van der Waals surface area contributed by atoms with Gasteiger partial charge in [0.1, 0.15) is 0 Å². The molecule has 96 valence electrons. The van der Waals surface area contributed by atoms with Crippen molar-refractivity contribution >= 4 is 11.6 Å². The van der Waals surface area contributed by atoms with Crippen LogP contribution in [0.25, 0.3) is 11.5 Å². The normalized spacial score (nSPS) is 11.2. The molecule has 0 spiro atoms. The van der Waals surface area contributed by atoms with E-state index in [2.05, 4.69) is 29.3 Å². The first-order valence-corrected chi connectivity index (χ1v) is 6.26. The summed E-state index contributed by atoms with van der Waals surface area (Å²) in [7, 11) is 0. The molecule has 0 atom stereocenters. The maximum Gasteiger partial charge on any atom is 0.258 e. The Morgan fingerprint density at radius 1 is 1.39 bits per heavy atom. The average molecular weight is 266 g/mol. The van der Waals surface area contributed by atoms with Gasteiger partial charge in [-0.3, -0.25) is 0 Å². The van der Waals surface area contributed by atoms with E-state index < -0.39 is 0 Å². The Balaban J connectivity index is 2.18. The lowest BCUT2D eigenvalue weighted by molar-refractivity contribution is 0.417. The van der Waals surface area contributed by atoms with Crippen LogP contribution in [0.15, 0.2) is 22.7 Å². The van der Waals surface area contributed by atoms with Crippen LogP contribution in [0.4, 0.5) is 0 Å². The lowest BCUT2D eigenvalue weighted by Crippen LogP contribution is -2.22. The topological polar surface area (TPSA) is 51.0 Å². The number of hydrogen-bond acceptors (Lipinski definition) is 4. The first kappa shape index (κ1) is 13.1. The SMILES string of the molecule is Cc1cc(Cl)ccc1-c1nc(CNC(C)C)no1. The summed E-state index contributed by atoms with van der Waals surface area (Å²) in [6, 6.07) is 5.99. The van der Waals surface area contributed by atoms with Gasteiger partial charge in [0.05, 0.1) is 6.54 Å². The highest BCUT2D eigenvalue weighted by Crippen LogP contribution is 2.24. The van der Waals surface area contributed by atoms with Gasteiger partial charge in [0, 0.05) is 16.6 Å². The third kappa shape index (κ3) is 3.09. The zero-order chi connectivity index (χ0) is 13.1. The van der Waals surface area contributed by atoms with E-state index in [1.54, 1.807) is 0 Å². The predicted molar refractivity (Wildman–Crippen MR) is 71.5 cm³/mol. The van der Waals surface area contributed by atoms with Crippen molar-refractivity contribution in [3.8, 4) is 11.5 Å². The molecule has 0 bridgehead atoms. The number of nitrogens with zero attached hydrogens (tertiary/aromatic N) is 2. The molecular formula is C13H16ClN3O. The lowest BCUT2D eigenvalue weighted by atomic mass is 10.1. The molecular weight excluding hydrogens is 250 g/mol. The van der Waals surface area contributed by atoms with Crippen molar-refractivity contribution in [3.63, 3.8) is 0 Å². The number of rotatable bonds is 4. The Hall–Kier alpha value is -1.39. The van der Waals surface area contributed by atoms with Crippen molar-refractivity contribution in [2.75, 3.05) is 0 Å². The zero-order valence-electron chi connectivity index (χ0n) is 10.7. The Labute approximate surface area is 111 Å². The molecule has 18 heavy (non-hydrogen) atoms. The van der Waals surface area contributed by atoms with Crippen LogP contribution in [0.2, 0.25) is 5.02 Å². The van der Waals surface area contributed by atoms with E-state index in [1.165, 1.54) is 0 Å². The second-order valence-electron chi connectivity index (χ2n) is 4.51. The fraction of sp³-hybridized carbons (Fsp3) is 0.385. The molecule has 2 aromatic rings. The highest BCUT2D eigenvalue weighted by atomic mass is 35.5. The summed E-state index contributed by atoms with van der Waals surface area (Å²) in [5.74, 6) is 1.19. The highest BCUT2D eigenvalue weighted by molar-refractivity contribution is 6.30. The number of hydrogen-bond donors (Lipinski definition) is 1. The molecule has 0 fully saturated rings. The predicted octanol–water partition coefficient (Wildman–Crippen LogP) is 3.20. The van der Waals surface area contributed by atoms with Crippen molar-refractivity contribution in [2.24, 2.45) is 0 Å². The molecule has 0 saturated carbocycles. The molecule has 1 N–H and O–H groups in total. The summed E-state index contributed by atoms with van der Waals surface area (Å²) in [5, 5.41) is 7.90. The van der Waals surface area contributed by atoms with Gasteiger partial charge in [0.25, 0.3) is 5.89 Å². The molecule has 2 rings (SSSR count). The minimum Gasteiger partial charge on any atom is -0.334 e. The molecule has 0 unspecified atom stereocenters. The third-order valence-corrected chi connectivity index (χ3v) is 2.79.